The van der Waals surface area contributed by atoms with E-state index in [0.717, 1.165) is 57.3 Å². The number of piperidine rings is 1. The molecule has 3 rings (SSSR count). The SMILES string of the molecule is CNC[C@H](CC1CCCOCC1)NC(=O)N1CCC[C@@H](COCCN(C)C(=O)O)[C@@H]1c1cccc(F)c1. The van der Waals surface area contributed by atoms with Gasteiger partial charge in [-0.05, 0) is 69.2 Å². The van der Waals surface area contributed by atoms with Crippen LogP contribution < -0.4 is 10.6 Å². The molecule has 4 atom stereocenters. The highest BCUT2D eigenvalue weighted by Crippen LogP contribution is 2.37. The highest BCUT2D eigenvalue weighted by atomic mass is 19.1. The van der Waals surface area contributed by atoms with E-state index in [1.165, 1.54) is 24.1 Å². The molecular weight excluding hydrogens is 479 g/mol. The van der Waals surface area contributed by atoms with Gasteiger partial charge in [-0.2, -0.15) is 0 Å². The Bertz CT molecular complexity index is 852. The van der Waals surface area contributed by atoms with Crippen LogP contribution in [-0.4, -0.2) is 93.2 Å². The normalized spacial score (nSPS) is 23.2. The summed E-state index contributed by atoms with van der Waals surface area (Å²) in [6.45, 7) is 3.70. The van der Waals surface area contributed by atoms with Gasteiger partial charge in [0.05, 0.1) is 19.3 Å². The number of benzene rings is 1. The number of hydrogen-bond donors (Lipinski definition) is 3. The zero-order valence-electron chi connectivity index (χ0n) is 22.2. The maximum atomic E-state index is 14.2. The maximum Gasteiger partial charge on any atom is 0.407 e. The van der Waals surface area contributed by atoms with Crippen LogP contribution in [0.3, 0.4) is 0 Å². The quantitative estimate of drug-likeness (QED) is 0.383. The van der Waals surface area contributed by atoms with Crippen molar-refractivity contribution in [3.63, 3.8) is 0 Å². The van der Waals surface area contributed by atoms with Gasteiger partial charge in [-0.25, -0.2) is 14.0 Å². The number of hydrogen-bond acceptors (Lipinski definition) is 5. The summed E-state index contributed by atoms with van der Waals surface area (Å²) >= 11 is 0. The first-order chi connectivity index (χ1) is 17.9. The molecule has 2 heterocycles. The second-order valence-corrected chi connectivity index (χ2v) is 10.2. The average Bonchev–Trinajstić information content (AvgIpc) is 3.15. The molecule has 2 aliphatic heterocycles. The van der Waals surface area contributed by atoms with E-state index in [9.17, 15) is 14.0 Å². The van der Waals surface area contributed by atoms with Crippen molar-refractivity contribution in [2.45, 2.75) is 50.6 Å². The Kier molecular flexibility index (Phi) is 11.9. The van der Waals surface area contributed by atoms with Gasteiger partial charge in [0.2, 0.25) is 0 Å². The van der Waals surface area contributed by atoms with Crippen LogP contribution in [0.15, 0.2) is 24.3 Å². The third kappa shape index (κ3) is 9.12. The first kappa shape index (κ1) is 29.1. The monoisotopic (exact) mass is 522 g/mol. The van der Waals surface area contributed by atoms with Gasteiger partial charge < -0.3 is 35.0 Å². The van der Waals surface area contributed by atoms with Gasteiger partial charge in [0.15, 0.2) is 0 Å². The average molecular weight is 523 g/mol. The Labute approximate surface area is 219 Å². The van der Waals surface area contributed by atoms with Crippen molar-refractivity contribution < 1.29 is 28.6 Å². The predicted molar refractivity (Wildman–Crippen MR) is 139 cm³/mol. The Balaban J connectivity index is 1.70. The number of rotatable bonds is 11. The summed E-state index contributed by atoms with van der Waals surface area (Å²) in [4.78, 5) is 27.7. The van der Waals surface area contributed by atoms with E-state index in [1.807, 2.05) is 18.0 Å². The minimum atomic E-state index is -1.01. The zero-order chi connectivity index (χ0) is 26.6. The fourth-order valence-electron chi connectivity index (χ4n) is 5.46. The molecule has 0 radical (unpaired) electrons. The summed E-state index contributed by atoms with van der Waals surface area (Å²) in [6, 6.07) is 5.95. The number of amides is 3. The number of carbonyl (C=O) groups is 2. The van der Waals surface area contributed by atoms with Gasteiger partial charge in [-0.1, -0.05) is 12.1 Å². The molecule has 2 saturated heterocycles. The van der Waals surface area contributed by atoms with Crippen LogP contribution in [0.5, 0.6) is 0 Å². The van der Waals surface area contributed by atoms with Crippen molar-refractivity contribution in [2.24, 2.45) is 11.8 Å². The first-order valence-electron chi connectivity index (χ1n) is 13.5. The molecule has 208 valence electrons. The third-order valence-corrected chi connectivity index (χ3v) is 7.40. The Morgan fingerprint density at radius 3 is 2.86 bits per heavy atom. The molecule has 9 nitrogen and oxygen atoms in total. The standard InChI is InChI=1S/C27H43FN4O5/c1-29-18-24(16-20-6-5-13-36-14-10-20)30-26(33)32-11-4-8-22(19-37-15-12-31(2)27(34)35)25(32)21-7-3-9-23(28)17-21/h3,7,9,17,20,22,24-25,29H,4-6,8,10-16,18-19H2,1-2H3,(H,30,33)(H,34,35)/t20?,22-,24-,25-/m0/s1. The molecule has 2 aliphatic rings. The van der Waals surface area contributed by atoms with Crippen molar-refractivity contribution in [3.05, 3.63) is 35.6 Å². The van der Waals surface area contributed by atoms with E-state index < -0.39 is 6.09 Å². The number of urea groups is 1. The molecular formula is C27H43FN4O5. The lowest BCUT2D eigenvalue weighted by Gasteiger charge is -2.42. The summed E-state index contributed by atoms with van der Waals surface area (Å²) < 4.78 is 25.7. The first-order valence-corrected chi connectivity index (χ1v) is 13.5. The minimum Gasteiger partial charge on any atom is -0.465 e. The fourth-order valence-corrected chi connectivity index (χ4v) is 5.46. The molecule has 10 heteroatoms. The molecule has 0 saturated carbocycles. The molecule has 1 unspecified atom stereocenters. The summed E-state index contributed by atoms with van der Waals surface area (Å²) in [7, 11) is 3.39. The van der Waals surface area contributed by atoms with E-state index in [4.69, 9.17) is 14.6 Å². The van der Waals surface area contributed by atoms with Crippen molar-refractivity contribution >= 4 is 12.1 Å². The van der Waals surface area contributed by atoms with Crippen molar-refractivity contribution in [3.8, 4) is 0 Å². The lowest BCUT2D eigenvalue weighted by atomic mass is 9.85. The highest BCUT2D eigenvalue weighted by Gasteiger charge is 2.36. The second-order valence-electron chi connectivity index (χ2n) is 10.2. The number of nitrogens with zero attached hydrogens (tertiary/aromatic N) is 2. The van der Waals surface area contributed by atoms with Crippen LogP contribution in [0, 0.1) is 17.7 Å². The van der Waals surface area contributed by atoms with Gasteiger partial charge in [0, 0.05) is 51.9 Å². The van der Waals surface area contributed by atoms with Crippen molar-refractivity contribution in [2.75, 3.05) is 60.2 Å². The molecule has 0 aliphatic carbocycles. The maximum absolute atomic E-state index is 14.2. The summed E-state index contributed by atoms with van der Waals surface area (Å²) in [6.07, 6.45) is 4.68. The molecule has 0 bridgehead atoms. The number of likely N-dealkylation sites (tertiary alicyclic amines) is 1. The molecule has 2 fully saturated rings. The van der Waals surface area contributed by atoms with Gasteiger partial charge in [-0.15, -0.1) is 0 Å². The van der Waals surface area contributed by atoms with Crippen LogP contribution in [0.4, 0.5) is 14.0 Å². The molecule has 3 amide bonds. The Morgan fingerprint density at radius 1 is 1.27 bits per heavy atom. The van der Waals surface area contributed by atoms with Crippen LogP contribution in [0.25, 0.3) is 0 Å². The zero-order valence-corrected chi connectivity index (χ0v) is 22.2. The van der Waals surface area contributed by atoms with Crippen molar-refractivity contribution in [1.82, 2.24) is 20.4 Å². The lowest BCUT2D eigenvalue weighted by molar-refractivity contribution is 0.0280. The van der Waals surface area contributed by atoms with E-state index in [2.05, 4.69) is 10.6 Å². The van der Waals surface area contributed by atoms with Crippen LogP contribution >= 0.6 is 0 Å². The number of carbonyl (C=O) groups excluding carboxylic acids is 1. The minimum absolute atomic E-state index is 0.0167. The number of likely N-dealkylation sites (N-methyl/N-ethyl adjacent to an activating group) is 2. The topological polar surface area (TPSA) is 103 Å². The molecule has 0 spiro atoms. The van der Waals surface area contributed by atoms with Crippen LogP contribution in [0.2, 0.25) is 0 Å². The molecule has 0 aromatic heterocycles. The number of nitrogens with one attached hydrogen (secondary N) is 2. The lowest BCUT2D eigenvalue weighted by Crippen LogP contribution is -2.53. The Morgan fingerprint density at radius 2 is 2.11 bits per heavy atom. The van der Waals surface area contributed by atoms with Crippen LogP contribution in [0.1, 0.15) is 50.1 Å². The third-order valence-electron chi connectivity index (χ3n) is 7.40. The summed E-state index contributed by atoms with van der Waals surface area (Å²) in [5.41, 5.74) is 0.747. The summed E-state index contributed by atoms with van der Waals surface area (Å²) in [5, 5.41) is 15.5. The summed E-state index contributed by atoms with van der Waals surface area (Å²) in [5.74, 6) is 0.139. The van der Waals surface area contributed by atoms with Gasteiger partial charge in [-0.3, -0.25) is 0 Å². The molecule has 37 heavy (non-hydrogen) atoms. The number of ether oxygens (including phenoxy) is 2. The molecule has 1 aromatic carbocycles. The largest absolute Gasteiger partial charge is 0.465 e. The van der Waals surface area contributed by atoms with E-state index >= 15 is 0 Å². The van der Waals surface area contributed by atoms with Crippen molar-refractivity contribution in [1.29, 1.82) is 0 Å². The molecule has 1 aromatic rings. The predicted octanol–water partition coefficient (Wildman–Crippen LogP) is 3.71. The fraction of sp³-hybridized carbons (Fsp3) is 0.704. The molecule has 3 N–H and O–H groups in total. The van der Waals surface area contributed by atoms with Gasteiger partial charge >= 0.3 is 12.1 Å². The number of halogens is 1. The van der Waals surface area contributed by atoms with Crippen LogP contribution in [-0.2, 0) is 9.47 Å². The van der Waals surface area contributed by atoms with E-state index in [1.54, 1.807) is 6.07 Å². The Hall–Kier alpha value is -2.43. The van der Waals surface area contributed by atoms with E-state index in [-0.39, 0.29) is 43.0 Å². The number of carboxylic acid groups (broad SMARTS) is 1. The van der Waals surface area contributed by atoms with E-state index in [0.29, 0.717) is 25.6 Å². The highest BCUT2D eigenvalue weighted by molar-refractivity contribution is 5.75. The van der Waals surface area contributed by atoms with Gasteiger partial charge in [0.25, 0.3) is 0 Å². The van der Waals surface area contributed by atoms with Gasteiger partial charge in [0.1, 0.15) is 5.82 Å². The second kappa shape index (κ2) is 15.1. The smallest absolute Gasteiger partial charge is 0.407 e.